The molecule has 3 fully saturated rings. The van der Waals surface area contributed by atoms with E-state index in [1.54, 1.807) is 0 Å². The number of fused-ring (bicyclic) bond motifs is 5. The molecule has 4 rings (SSSR count). The highest BCUT2D eigenvalue weighted by Gasteiger charge is 2.57. The van der Waals surface area contributed by atoms with Crippen molar-refractivity contribution in [2.24, 2.45) is 23.7 Å². The third-order valence-corrected chi connectivity index (χ3v) is 5.69. The predicted molar refractivity (Wildman–Crippen MR) is 77.4 cm³/mol. The maximum absolute atomic E-state index is 12.2. The highest BCUT2D eigenvalue weighted by atomic mass is 16.6. The quantitative estimate of drug-likeness (QED) is 0.908. The van der Waals surface area contributed by atoms with E-state index in [9.17, 15) is 9.90 Å². The van der Waals surface area contributed by atoms with E-state index in [1.807, 2.05) is 35.2 Å². The lowest BCUT2D eigenvalue weighted by molar-refractivity contribution is 0.0840. The number of aliphatic hydroxyl groups excluding tert-OH is 1. The summed E-state index contributed by atoms with van der Waals surface area (Å²) in [6.45, 7) is 1.86. The van der Waals surface area contributed by atoms with Crippen molar-refractivity contribution in [3.8, 4) is 0 Å². The summed E-state index contributed by atoms with van der Waals surface area (Å²) in [6.07, 6.45) is 1.92. The van der Waals surface area contributed by atoms with Crippen molar-refractivity contribution in [3.63, 3.8) is 0 Å². The van der Waals surface area contributed by atoms with Crippen LogP contribution in [0.1, 0.15) is 18.4 Å². The van der Waals surface area contributed by atoms with Crippen LogP contribution in [0.15, 0.2) is 30.3 Å². The van der Waals surface area contributed by atoms with E-state index in [2.05, 4.69) is 0 Å². The van der Waals surface area contributed by atoms with Gasteiger partial charge in [-0.3, -0.25) is 0 Å². The summed E-state index contributed by atoms with van der Waals surface area (Å²) in [5.41, 5.74) is 1.01. The molecular weight excluding hydrogens is 266 g/mol. The van der Waals surface area contributed by atoms with Crippen LogP contribution in [0.4, 0.5) is 4.79 Å². The van der Waals surface area contributed by atoms with Crippen LogP contribution in [-0.2, 0) is 11.3 Å². The van der Waals surface area contributed by atoms with Gasteiger partial charge >= 0.3 is 6.09 Å². The fourth-order valence-electron chi connectivity index (χ4n) is 4.70. The molecule has 1 saturated heterocycles. The molecule has 1 heterocycles. The molecule has 2 saturated carbocycles. The number of aliphatic hydroxyl groups is 1. The molecular formula is C17H21NO3. The molecule has 1 aliphatic heterocycles. The molecule has 112 valence electrons. The van der Waals surface area contributed by atoms with Gasteiger partial charge in [0.25, 0.3) is 0 Å². The van der Waals surface area contributed by atoms with Crippen molar-refractivity contribution in [2.45, 2.75) is 25.6 Å². The first kappa shape index (κ1) is 13.1. The van der Waals surface area contributed by atoms with E-state index >= 15 is 0 Å². The number of likely N-dealkylation sites (tertiary alicyclic amines) is 1. The van der Waals surface area contributed by atoms with Crippen molar-refractivity contribution in [3.05, 3.63) is 35.9 Å². The summed E-state index contributed by atoms with van der Waals surface area (Å²) in [6, 6.07) is 9.77. The van der Waals surface area contributed by atoms with Crippen LogP contribution in [0.3, 0.4) is 0 Å². The van der Waals surface area contributed by atoms with Gasteiger partial charge in [-0.05, 0) is 42.1 Å². The van der Waals surface area contributed by atoms with Crippen LogP contribution in [0.2, 0.25) is 0 Å². The van der Waals surface area contributed by atoms with E-state index in [1.165, 1.54) is 0 Å². The number of carbonyl (C=O) groups excluding carboxylic acids is 1. The van der Waals surface area contributed by atoms with Gasteiger partial charge in [-0.2, -0.15) is 0 Å². The third kappa shape index (κ3) is 2.13. The smallest absolute Gasteiger partial charge is 0.410 e. The van der Waals surface area contributed by atoms with Crippen LogP contribution in [0.5, 0.6) is 0 Å². The van der Waals surface area contributed by atoms with Gasteiger partial charge in [0.1, 0.15) is 6.61 Å². The predicted octanol–water partition coefficient (Wildman–Crippen LogP) is 2.27. The molecule has 0 spiro atoms. The fourth-order valence-corrected chi connectivity index (χ4v) is 4.70. The summed E-state index contributed by atoms with van der Waals surface area (Å²) in [7, 11) is 0. The summed E-state index contributed by atoms with van der Waals surface area (Å²) in [5, 5.41) is 10.2. The number of ether oxygens (including phenoxy) is 1. The number of hydrogen-bond acceptors (Lipinski definition) is 3. The number of nitrogens with zero attached hydrogens (tertiary/aromatic N) is 1. The van der Waals surface area contributed by atoms with Crippen molar-refractivity contribution in [2.75, 3.05) is 13.1 Å². The second-order valence-electron chi connectivity index (χ2n) is 6.67. The lowest BCUT2D eigenvalue weighted by Crippen LogP contribution is -2.32. The number of hydrogen-bond donors (Lipinski definition) is 1. The number of amides is 1. The number of benzene rings is 1. The number of rotatable bonds is 2. The maximum Gasteiger partial charge on any atom is 0.410 e. The second kappa shape index (κ2) is 5.02. The molecule has 1 aromatic carbocycles. The van der Waals surface area contributed by atoms with Crippen molar-refractivity contribution >= 4 is 6.09 Å². The molecule has 2 aliphatic carbocycles. The Bertz CT molecular complexity index is 512. The van der Waals surface area contributed by atoms with Gasteiger partial charge in [0.15, 0.2) is 0 Å². The SMILES string of the molecule is O=C(OCc1ccccc1)N1CC2C3CCC(C3O)C2C1. The molecule has 0 radical (unpaired) electrons. The first-order valence-corrected chi connectivity index (χ1v) is 7.88. The number of carbonyl (C=O) groups is 1. The Morgan fingerprint density at radius 3 is 2.33 bits per heavy atom. The molecule has 4 nitrogen and oxygen atoms in total. The van der Waals surface area contributed by atoms with Crippen molar-refractivity contribution in [1.82, 2.24) is 4.90 Å². The summed E-state index contributed by atoms with van der Waals surface area (Å²) in [5.74, 6) is 1.80. The van der Waals surface area contributed by atoms with Gasteiger partial charge in [-0.1, -0.05) is 30.3 Å². The zero-order chi connectivity index (χ0) is 14.4. The topological polar surface area (TPSA) is 49.8 Å². The molecule has 2 bridgehead atoms. The minimum Gasteiger partial charge on any atom is -0.445 e. The zero-order valence-electron chi connectivity index (χ0n) is 12.0. The Hall–Kier alpha value is -1.55. The second-order valence-corrected chi connectivity index (χ2v) is 6.67. The molecule has 21 heavy (non-hydrogen) atoms. The minimum absolute atomic E-state index is 0.123. The summed E-state index contributed by atoms with van der Waals surface area (Å²) >= 11 is 0. The molecule has 4 unspecified atom stereocenters. The van der Waals surface area contributed by atoms with E-state index in [0.29, 0.717) is 30.3 Å². The average Bonchev–Trinajstić information content (AvgIpc) is 3.16. The Morgan fingerprint density at radius 1 is 1.10 bits per heavy atom. The average molecular weight is 287 g/mol. The highest BCUT2D eigenvalue weighted by Crippen LogP contribution is 2.55. The molecule has 1 aromatic rings. The molecule has 1 amide bonds. The standard InChI is InChI=1S/C17H21NO3/c19-16-12-6-7-13(16)15-9-18(8-14(12)15)17(20)21-10-11-4-2-1-3-5-11/h1-5,12-16,19H,6-10H2. The molecule has 4 heteroatoms. The Balaban J connectivity index is 1.35. The summed E-state index contributed by atoms with van der Waals surface area (Å²) < 4.78 is 5.42. The largest absolute Gasteiger partial charge is 0.445 e. The van der Waals surface area contributed by atoms with Gasteiger partial charge in [-0.25, -0.2) is 4.79 Å². The Labute approximate surface area is 124 Å². The van der Waals surface area contributed by atoms with Crippen molar-refractivity contribution < 1.29 is 14.6 Å². The Morgan fingerprint density at radius 2 is 1.71 bits per heavy atom. The van der Waals surface area contributed by atoms with E-state index in [0.717, 1.165) is 31.5 Å². The van der Waals surface area contributed by atoms with Gasteiger partial charge < -0.3 is 14.7 Å². The van der Waals surface area contributed by atoms with Gasteiger partial charge in [0.2, 0.25) is 0 Å². The normalized spacial score (nSPS) is 36.8. The molecule has 4 atom stereocenters. The van der Waals surface area contributed by atoms with Crippen LogP contribution < -0.4 is 0 Å². The van der Waals surface area contributed by atoms with Crippen LogP contribution in [0.25, 0.3) is 0 Å². The molecule has 0 aromatic heterocycles. The lowest BCUT2D eigenvalue weighted by Gasteiger charge is -2.21. The third-order valence-electron chi connectivity index (χ3n) is 5.69. The molecule has 1 N–H and O–H groups in total. The Kier molecular flexibility index (Phi) is 3.14. The summed E-state index contributed by atoms with van der Waals surface area (Å²) in [4.78, 5) is 14.0. The fraction of sp³-hybridized carbons (Fsp3) is 0.588. The van der Waals surface area contributed by atoms with Crippen LogP contribution in [-0.4, -0.2) is 35.3 Å². The first-order valence-electron chi connectivity index (χ1n) is 7.88. The highest BCUT2D eigenvalue weighted by molar-refractivity contribution is 5.68. The monoisotopic (exact) mass is 287 g/mol. The van der Waals surface area contributed by atoms with Crippen LogP contribution in [0, 0.1) is 23.7 Å². The first-order chi connectivity index (χ1) is 10.2. The van der Waals surface area contributed by atoms with Gasteiger partial charge in [0, 0.05) is 13.1 Å². The minimum atomic E-state index is -0.206. The van der Waals surface area contributed by atoms with Gasteiger partial charge in [-0.15, -0.1) is 0 Å². The van der Waals surface area contributed by atoms with E-state index in [-0.39, 0.29) is 12.2 Å². The maximum atomic E-state index is 12.2. The molecule has 3 aliphatic rings. The van der Waals surface area contributed by atoms with Gasteiger partial charge in [0.05, 0.1) is 6.10 Å². The van der Waals surface area contributed by atoms with E-state index in [4.69, 9.17) is 4.74 Å². The zero-order valence-corrected chi connectivity index (χ0v) is 12.0. The van der Waals surface area contributed by atoms with Crippen LogP contribution >= 0.6 is 0 Å². The lowest BCUT2D eigenvalue weighted by atomic mass is 9.82. The van der Waals surface area contributed by atoms with Crippen molar-refractivity contribution in [1.29, 1.82) is 0 Å². The van der Waals surface area contributed by atoms with E-state index < -0.39 is 0 Å².